The molecule has 1 aromatic heterocycles. The standard InChI is InChI=1S/C20H31N5/c1-6-9-10-11-17(7-2)15-22-18(8-3)12-13-25(5)20-23-16(4)14-19(21)24-20/h6-7,9-11,14,18,22H,1-2,8,12-13,15H2,3-5H3,(H2,21,23,24)/b10-9-,17-11+. The smallest absolute Gasteiger partial charge is 0.227 e. The highest BCUT2D eigenvalue weighted by Crippen LogP contribution is 2.11. The molecule has 0 aromatic carbocycles. The predicted octanol–water partition coefficient (Wildman–Crippen LogP) is 3.42. The molecule has 0 bridgehead atoms. The van der Waals surface area contributed by atoms with Crippen molar-refractivity contribution >= 4 is 11.8 Å². The van der Waals surface area contributed by atoms with Crippen molar-refractivity contribution < 1.29 is 0 Å². The molecule has 1 atom stereocenters. The first-order valence-corrected chi connectivity index (χ1v) is 8.66. The molecule has 0 spiro atoms. The molecule has 0 aliphatic rings. The number of allylic oxidation sites excluding steroid dienone is 4. The normalized spacial score (nSPS) is 13.0. The van der Waals surface area contributed by atoms with E-state index in [1.54, 1.807) is 12.1 Å². The van der Waals surface area contributed by atoms with E-state index < -0.39 is 0 Å². The molecule has 0 aliphatic heterocycles. The van der Waals surface area contributed by atoms with Gasteiger partial charge in [0, 0.05) is 37.9 Å². The highest BCUT2D eigenvalue weighted by Gasteiger charge is 2.10. The predicted molar refractivity (Wildman–Crippen MR) is 109 cm³/mol. The number of nitrogens with zero attached hydrogens (tertiary/aromatic N) is 3. The number of hydrogen-bond donors (Lipinski definition) is 2. The number of aromatic nitrogens is 2. The molecule has 5 heteroatoms. The van der Waals surface area contributed by atoms with E-state index in [0.29, 0.717) is 17.8 Å². The van der Waals surface area contributed by atoms with Crippen LogP contribution in [0.25, 0.3) is 0 Å². The molecule has 25 heavy (non-hydrogen) atoms. The molecule has 0 amide bonds. The Morgan fingerprint density at radius 3 is 2.72 bits per heavy atom. The molecule has 0 saturated carbocycles. The molecule has 0 fully saturated rings. The second-order valence-corrected chi connectivity index (χ2v) is 6.00. The van der Waals surface area contributed by atoms with Crippen LogP contribution in [0.4, 0.5) is 11.8 Å². The third kappa shape index (κ3) is 7.81. The van der Waals surface area contributed by atoms with E-state index >= 15 is 0 Å². The zero-order chi connectivity index (χ0) is 18.7. The van der Waals surface area contributed by atoms with Crippen molar-refractivity contribution in [2.45, 2.75) is 32.7 Å². The number of anilines is 2. The van der Waals surface area contributed by atoms with Gasteiger partial charge in [-0.2, -0.15) is 4.98 Å². The molecule has 0 radical (unpaired) electrons. The minimum absolute atomic E-state index is 0.413. The van der Waals surface area contributed by atoms with Crippen molar-refractivity contribution in [2.75, 3.05) is 30.8 Å². The largest absolute Gasteiger partial charge is 0.384 e. The second kappa shape index (κ2) is 11.2. The van der Waals surface area contributed by atoms with Gasteiger partial charge in [0.15, 0.2) is 0 Å². The molecular weight excluding hydrogens is 310 g/mol. The van der Waals surface area contributed by atoms with Crippen LogP contribution in [0.15, 0.2) is 55.2 Å². The van der Waals surface area contributed by atoms with E-state index in [-0.39, 0.29) is 0 Å². The van der Waals surface area contributed by atoms with Gasteiger partial charge in [0.1, 0.15) is 5.82 Å². The van der Waals surface area contributed by atoms with Gasteiger partial charge in [-0.25, -0.2) is 4.98 Å². The summed E-state index contributed by atoms with van der Waals surface area (Å²) in [4.78, 5) is 10.8. The molecule has 1 aromatic rings. The van der Waals surface area contributed by atoms with Crippen molar-refractivity contribution in [1.29, 1.82) is 0 Å². The topological polar surface area (TPSA) is 67.1 Å². The Bertz CT molecular complexity index is 598. The van der Waals surface area contributed by atoms with Crippen LogP contribution in [0.5, 0.6) is 0 Å². The fourth-order valence-corrected chi connectivity index (χ4v) is 2.37. The highest BCUT2D eigenvalue weighted by atomic mass is 15.2. The van der Waals surface area contributed by atoms with Crippen molar-refractivity contribution in [3.05, 3.63) is 60.9 Å². The average Bonchev–Trinajstić information content (AvgIpc) is 2.59. The molecule has 136 valence electrons. The zero-order valence-electron chi connectivity index (χ0n) is 15.7. The van der Waals surface area contributed by atoms with E-state index in [1.165, 1.54) is 0 Å². The summed E-state index contributed by atoms with van der Waals surface area (Å²) in [6.45, 7) is 13.3. The SMILES string of the molecule is C=C/C=C\C=C(/C=C)CNC(CC)CCN(C)c1nc(C)cc(N)n1. The Balaban J connectivity index is 2.55. The summed E-state index contributed by atoms with van der Waals surface area (Å²) in [6.07, 6.45) is 11.6. The minimum Gasteiger partial charge on any atom is -0.384 e. The van der Waals surface area contributed by atoms with Crippen molar-refractivity contribution in [3.8, 4) is 0 Å². The number of rotatable bonds is 11. The third-order valence-corrected chi connectivity index (χ3v) is 3.92. The Morgan fingerprint density at radius 2 is 2.12 bits per heavy atom. The van der Waals surface area contributed by atoms with E-state index in [1.807, 2.05) is 43.2 Å². The molecule has 1 unspecified atom stereocenters. The van der Waals surface area contributed by atoms with Crippen molar-refractivity contribution in [3.63, 3.8) is 0 Å². The monoisotopic (exact) mass is 341 g/mol. The van der Waals surface area contributed by atoms with Gasteiger partial charge in [-0.1, -0.05) is 50.5 Å². The van der Waals surface area contributed by atoms with E-state index in [4.69, 9.17) is 5.73 Å². The number of nitrogen functional groups attached to an aromatic ring is 1. The van der Waals surface area contributed by atoms with Crippen LogP contribution >= 0.6 is 0 Å². The van der Waals surface area contributed by atoms with Gasteiger partial charge in [-0.15, -0.1) is 0 Å². The van der Waals surface area contributed by atoms with Crippen LogP contribution in [-0.4, -0.2) is 36.1 Å². The fraction of sp³-hybridized carbons (Fsp3) is 0.400. The first kappa shape index (κ1) is 20.6. The summed E-state index contributed by atoms with van der Waals surface area (Å²) in [5.74, 6) is 1.18. The van der Waals surface area contributed by atoms with Gasteiger partial charge < -0.3 is 16.0 Å². The molecule has 0 saturated heterocycles. The lowest BCUT2D eigenvalue weighted by Crippen LogP contribution is -2.34. The van der Waals surface area contributed by atoms with E-state index in [2.05, 4.69) is 35.4 Å². The molecule has 5 nitrogen and oxygen atoms in total. The van der Waals surface area contributed by atoms with E-state index in [9.17, 15) is 0 Å². The molecular formula is C20H31N5. The van der Waals surface area contributed by atoms with Crippen LogP contribution < -0.4 is 16.0 Å². The second-order valence-electron chi connectivity index (χ2n) is 6.00. The van der Waals surface area contributed by atoms with Crippen LogP contribution in [-0.2, 0) is 0 Å². The van der Waals surface area contributed by atoms with E-state index in [0.717, 1.165) is 37.2 Å². The average molecular weight is 342 g/mol. The molecule has 0 aliphatic carbocycles. The summed E-state index contributed by atoms with van der Waals surface area (Å²) in [6, 6.07) is 2.19. The summed E-state index contributed by atoms with van der Waals surface area (Å²) in [7, 11) is 2.00. The molecule has 3 N–H and O–H groups in total. The van der Waals surface area contributed by atoms with Crippen LogP contribution in [0.1, 0.15) is 25.5 Å². The Morgan fingerprint density at radius 1 is 1.36 bits per heavy atom. The Kier molecular flexibility index (Phi) is 9.25. The summed E-state index contributed by atoms with van der Waals surface area (Å²) < 4.78 is 0. The van der Waals surface area contributed by atoms with Crippen LogP contribution in [0, 0.1) is 6.92 Å². The number of nitrogens with two attached hydrogens (primary N) is 1. The fourth-order valence-electron chi connectivity index (χ4n) is 2.37. The minimum atomic E-state index is 0.413. The maximum absolute atomic E-state index is 5.81. The van der Waals surface area contributed by atoms with Gasteiger partial charge in [0.05, 0.1) is 0 Å². The van der Waals surface area contributed by atoms with Gasteiger partial charge >= 0.3 is 0 Å². The Hall–Kier alpha value is -2.40. The summed E-state index contributed by atoms with van der Waals surface area (Å²) in [5, 5.41) is 3.59. The Labute approximate surface area is 152 Å². The maximum atomic E-state index is 5.81. The first-order chi connectivity index (χ1) is 12.0. The quantitative estimate of drug-likeness (QED) is 0.604. The lowest BCUT2D eigenvalue weighted by atomic mass is 10.1. The summed E-state index contributed by atoms with van der Waals surface area (Å²) >= 11 is 0. The summed E-state index contributed by atoms with van der Waals surface area (Å²) in [5.41, 5.74) is 7.84. The lowest BCUT2D eigenvalue weighted by molar-refractivity contribution is 0.488. The number of aryl methyl sites for hydroxylation is 1. The lowest BCUT2D eigenvalue weighted by Gasteiger charge is -2.22. The van der Waals surface area contributed by atoms with Gasteiger partial charge in [-0.3, -0.25) is 0 Å². The van der Waals surface area contributed by atoms with Crippen LogP contribution in [0.2, 0.25) is 0 Å². The zero-order valence-corrected chi connectivity index (χ0v) is 15.7. The molecule has 1 rings (SSSR count). The van der Waals surface area contributed by atoms with Crippen molar-refractivity contribution in [2.24, 2.45) is 0 Å². The van der Waals surface area contributed by atoms with Crippen LogP contribution in [0.3, 0.4) is 0 Å². The maximum Gasteiger partial charge on any atom is 0.227 e. The number of hydrogen-bond acceptors (Lipinski definition) is 5. The first-order valence-electron chi connectivity index (χ1n) is 8.66. The molecule has 1 heterocycles. The van der Waals surface area contributed by atoms with Gasteiger partial charge in [0.25, 0.3) is 0 Å². The van der Waals surface area contributed by atoms with Crippen molar-refractivity contribution in [1.82, 2.24) is 15.3 Å². The van der Waals surface area contributed by atoms with Gasteiger partial charge in [0.2, 0.25) is 5.95 Å². The van der Waals surface area contributed by atoms with Gasteiger partial charge in [-0.05, 0) is 25.3 Å². The highest BCUT2D eigenvalue weighted by molar-refractivity contribution is 5.39. The third-order valence-electron chi connectivity index (χ3n) is 3.92. The number of nitrogens with one attached hydrogen (secondary N) is 1.